The minimum absolute atomic E-state index is 0.288. The first-order valence-corrected chi connectivity index (χ1v) is 7.57. The molecule has 0 N–H and O–H groups in total. The molecule has 23 heavy (non-hydrogen) atoms. The summed E-state index contributed by atoms with van der Waals surface area (Å²) in [6.45, 7) is 6.48. The molecule has 0 aliphatic carbocycles. The van der Waals surface area contributed by atoms with Crippen molar-refractivity contribution >= 4 is 0 Å². The van der Waals surface area contributed by atoms with Crippen LogP contribution >= 0.6 is 0 Å². The standard InChI is InChI=1S/C17H19N5O/c1-4-14-8-18-17(19-9-14)23-11-15-10-22(21-20-15)16-6-12(2)5-13(3)7-16/h5-10H,4,11H2,1-3H3. The maximum Gasteiger partial charge on any atom is 0.316 e. The van der Waals surface area contributed by atoms with Crippen LogP contribution in [0.3, 0.4) is 0 Å². The first kappa shape index (κ1) is 15.1. The lowest BCUT2D eigenvalue weighted by Crippen LogP contribution is -2.00. The zero-order valence-corrected chi connectivity index (χ0v) is 13.5. The van der Waals surface area contributed by atoms with E-state index in [0.29, 0.717) is 6.01 Å². The monoisotopic (exact) mass is 309 g/mol. The number of hydrogen-bond acceptors (Lipinski definition) is 5. The summed E-state index contributed by atoms with van der Waals surface area (Å²) >= 11 is 0. The Labute approximate surface area is 135 Å². The number of aromatic nitrogens is 5. The van der Waals surface area contributed by atoms with E-state index in [-0.39, 0.29) is 6.61 Å². The van der Waals surface area contributed by atoms with Gasteiger partial charge in [0.05, 0.1) is 11.9 Å². The molecule has 0 atom stereocenters. The molecule has 0 spiro atoms. The normalized spacial score (nSPS) is 10.7. The number of nitrogens with zero attached hydrogens (tertiary/aromatic N) is 5. The van der Waals surface area contributed by atoms with Crippen LogP contribution in [0.2, 0.25) is 0 Å². The Bertz CT molecular complexity index is 775. The smallest absolute Gasteiger partial charge is 0.316 e. The molecule has 0 radical (unpaired) electrons. The van der Waals surface area contributed by atoms with Crippen molar-refractivity contribution in [2.45, 2.75) is 33.8 Å². The second-order valence-electron chi connectivity index (χ2n) is 5.52. The predicted molar refractivity (Wildman–Crippen MR) is 86.6 cm³/mol. The maximum absolute atomic E-state index is 5.55. The first-order chi connectivity index (χ1) is 11.1. The molecule has 3 rings (SSSR count). The molecule has 2 aromatic heterocycles. The third kappa shape index (κ3) is 3.71. The lowest BCUT2D eigenvalue weighted by atomic mass is 10.1. The zero-order chi connectivity index (χ0) is 16.2. The van der Waals surface area contributed by atoms with Crippen LogP contribution in [-0.2, 0) is 13.0 Å². The fourth-order valence-electron chi connectivity index (χ4n) is 2.31. The first-order valence-electron chi connectivity index (χ1n) is 7.57. The summed E-state index contributed by atoms with van der Waals surface area (Å²) in [6, 6.07) is 6.61. The van der Waals surface area contributed by atoms with Crippen molar-refractivity contribution < 1.29 is 4.74 Å². The Morgan fingerprint density at radius 1 is 1.04 bits per heavy atom. The Morgan fingerprint density at radius 2 is 1.74 bits per heavy atom. The number of benzene rings is 1. The van der Waals surface area contributed by atoms with Crippen LogP contribution in [0.1, 0.15) is 29.3 Å². The van der Waals surface area contributed by atoms with Crippen molar-refractivity contribution in [1.82, 2.24) is 25.0 Å². The van der Waals surface area contributed by atoms with Crippen molar-refractivity contribution in [3.8, 4) is 11.7 Å². The van der Waals surface area contributed by atoms with Crippen LogP contribution < -0.4 is 4.74 Å². The van der Waals surface area contributed by atoms with Gasteiger partial charge in [0, 0.05) is 12.4 Å². The molecular weight excluding hydrogens is 290 g/mol. The molecule has 0 amide bonds. The van der Waals surface area contributed by atoms with Crippen molar-refractivity contribution in [1.29, 1.82) is 0 Å². The van der Waals surface area contributed by atoms with E-state index in [2.05, 4.69) is 59.3 Å². The van der Waals surface area contributed by atoms with E-state index in [1.807, 2.05) is 6.20 Å². The highest BCUT2D eigenvalue weighted by Gasteiger charge is 2.06. The summed E-state index contributed by atoms with van der Waals surface area (Å²) in [6.07, 6.45) is 6.31. The van der Waals surface area contributed by atoms with Gasteiger partial charge in [-0.1, -0.05) is 18.2 Å². The second kappa shape index (κ2) is 6.56. The van der Waals surface area contributed by atoms with E-state index in [0.717, 1.165) is 23.4 Å². The summed E-state index contributed by atoms with van der Waals surface area (Å²) in [7, 11) is 0. The number of aryl methyl sites for hydroxylation is 3. The highest BCUT2D eigenvalue weighted by Crippen LogP contribution is 2.13. The van der Waals surface area contributed by atoms with Crippen LogP contribution in [0.15, 0.2) is 36.8 Å². The minimum atomic E-state index is 0.288. The van der Waals surface area contributed by atoms with Crippen LogP contribution in [0.4, 0.5) is 0 Å². The molecule has 0 saturated carbocycles. The number of ether oxygens (including phenoxy) is 1. The highest BCUT2D eigenvalue weighted by atomic mass is 16.5. The quantitative estimate of drug-likeness (QED) is 0.725. The Kier molecular flexibility index (Phi) is 4.32. The molecule has 0 saturated heterocycles. The van der Waals surface area contributed by atoms with Gasteiger partial charge in [-0.05, 0) is 49.1 Å². The van der Waals surface area contributed by atoms with Crippen molar-refractivity contribution in [2.75, 3.05) is 0 Å². The largest absolute Gasteiger partial charge is 0.457 e. The van der Waals surface area contributed by atoms with E-state index in [4.69, 9.17) is 4.74 Å². The zero-order valence-electron chi connectivity index (χ0n) is 13.5. The maximum atomic E-state index is 5.55. The molecule has 0 bridgehead atoms. The third-order valence-electron chi connectivity index (χ3n) is 3.45. The lowest BCUT2D eigenvalue weighted by molar-refractivity contribution is 0.276. The minimum Gasteiger partial charge on any atom is -0.457 e. The number of hydrogen-bond donors (Lipinski definition) is 0. The Hall–Kier alpha value is -2.76. The summed E-state index contributed by atoms with van der Waals surface area (Å²) in [5.41, 5.74) is 5.19. The van der Waals surface area contributed by atoms with Gasteiger partial charge in [0.25, 0.3) is 0 Å². The van der Waals surface area contributed by atoms with E-state index < -0.39 is 0 Å². The van der Waals surface area contributed by atoms with Crippen LogP contribution in [-0.4, -0.2) is 25.0 Å². The van der Waals surface area contributed by atoms with E-state index >= 15 is 0 Å². The fraction of sp³-hybridized carbons (Fsp3) is 0.294. The fourth-order valence-corrected chi connectivity index (χ4v) is 2.31. The molecule has 118 valence electrons. The van der Waals surface area contributed by atoms with Gasteiger partial charge in [0.1, 0.15) is 12.3 Å². The average Bonchev–Trinajstić information content (AvgIpc) is 3.01. The van der Waals surface area contributed by atoms with E-state index in [1.165, 1.54) is 11.1 Å². The average molecular weight is 309 g/mol. The SMILES string of the molecule is CCc1cnc(OCc2cn(-c3cc(C)cc(C)c3)nn2)nc1. The highest BCUT2D eigenvalue weighted by molar-refractivity contribution is 5.38. The van der Waals surface area contributed by atoms with Gasteiger partial charge < -0.3 is 4.74 Å². The summed E-state index contributed by atoms with van der Waals surface area (Å²) in [5, 5.41) is 8.29. The molecule has 2 heterocycles. The van der Waals surface area contributed by atoms with Gasteiger partial charge in [0.2, 0.25) is 0 Å². The Morgan fingerprint density at radius 3 is 2.39 bits per heavy atom. The molecule has 0 aliphatic heterocycles. The molecule has 6 nitrogen and oxygen atoms in total. The van der Waals surface area contributed by atoms with Crippen molar-refractivity contribution in [3.63, 3.8) is 0 Å². The second-order valence-corrected chi connectivity index (χ2v) is 5.52. The summed E-state index contributed by atoms with van der Waals surface area (Å²) < 4.78 is 7.30. The van der Waals surface area contributed by atoms with Crippen LogP contribution in [0, 0.1) is 13.8 Å². The third-order valence-corrected chi connectivity index (χ3v) is 3.45. The Balaban J connectivity index is 1.69. The topological polar surface area (TPSA) is 65.7 Å². The molecule has 0 fully saturated rings. The molecular formula is C17H19N5O. The van der Waals surface area contributed by atoms with Gasteiger partial charge >= 0.3 is 6.01 Å². The van der Waals surface area contributed by atoms with Gasteiger partial charge in [-0.3, -0.25) is 0 Å². The number of rotatable bonds is 5. The molecule has 6 heteroatoms. The van der Waals surface area contributed by atoms with E-state index in [1.54, 1.807) is 17.1 Å². The van der Waals surface area contributed by atoms with Crippen LogP contribution in [0.25, 0.3) is 5.69 Å². The molecule has 3 aromatic rings. The van der Waals surface area contributed by atoms with Gasteiger partial charge in [-0.15, -0.1) is 5.10 Å². The molecule has 1 aromatic carbocycles. The van der Waals surface area contributed by atoms with E-state index in [9.17, 15) is 0 Å². The van der Waals surface area contributed by atoms with Gasteiger partial charge in [-0.25, -0.2) is 14.6 Å². The van der Waals surface area contributed by atoms with Crippen molar-refractivity contribution in [3.05, 3.63) is 59.2 Å². The predicted octanol–water partition coefficient (Wildman–Crippen LogP) is 2.82. The van der Waals surface area contributed by atoms with Crippen LogP contribution in [0.5, 0.6) is 6.01 Å². The lowest BCUT2D eigenvalue weighted by Gasteiger charge is -2.04. The van der Waals surface area contributed by atoms with Gasteiger partial charge in [0.15, 0.2) is 0 Å². The summed E-state index contributed by atoms with van der Waals surface area (Å²) in [5.74, 6) is 0. The molecule has 0 unspecified atom stereocenters. The summed E-state index contributed by atoms with van der Waals surface area (Å²) in [4.78, 5) is 8.33. The van der Waals surface area contributed by atoms with Crippen molar-refractivity contribution in [2.24, 2.45) is 0 Å². The molecule has 0 aliphatic rings. The van der Waals surface area contributed by atoms with Gasteiger partial charge in [-0.2, -0.15) is 0 Å².